The van der Waals surface area contributed by atoms with E-state index in [-0.39, 0.29) is 6.61 Å². The van der Waals surface area contributed by atoms with Gasteiger partial charge in [0.1, 0.15) is 0 Å². The van der Waals surface area contributed by atoms with Crippen LogP contribution in [0.1, 0.15) is 24.2 Å². The van der Waals surface area contributed by atoms with Crippen molar-refractivity contribution >= 4 is 11.9 Å². The number of methoxy groups -OCH3 is 1. The molecule has 100 valence electrons. The van der Waals surface area contributed by atoms with Crippen LogP contribution in [-0.4, -0.2) is 46.0 Å². The molecular formula is C11H17N3O4. The summed E-state index contributed by atoms with van der Waals surface area (Å²) in [5.41, 5.74) is -1.14. The molecule has 1 aromatic heterocycles. The second-order valence-electron chi connectivity index (χ2n) is 4.11. The van der Waals surface area contributed by atoms with E-state index >= 15 is 0 Å². The van der Waals surface area contributed by atoms with E-state index in [2.05, 4.69) is 10.4 Å². The lowest BCUT2D eigenvalue weighted by molar-refractivity contribution is -0.145. The van der Waals surface area contributed by atoms with Crippen molar-refractivity contribution in [2.24, 2.45) is 0 Å². The molecule has 0 aliphatic rings. The molecule has 1 rings (SSSR count). The van der Waals surface area contributed by atoms with E-state index in [0.29, 0.717) is 12.1 Å². The Hall–Kier alpha value is -1.89. The Morgan fingerprint density at radius 1 is 1.61 bits per heavy atom. The third-order valence-electron chi connectivity index (χ3n) is 2.51. The molecule has 0 aliphatic heterocycles. The summed E-state index contributed by atoms with van der Waals surface area (Å²) in [6, 6.07) is 0. The minimum absolute atomic E-state index is 0.115. The Bertz CT molecular complexity index is 443. The van der Waals surface area contributed by atoms with Gasteiger partial charge in [0.15, 0.2) is 5.54 Å². The van der Waals surface area contributed by atoms with Crippen molar-refractivity contribution in [2.75, 3.05) is 13.7 Å². The van der Waals surface area contributed by atoms with Gasteiger partial charge in [-0.3, -0.25) is 9.48 Å². The zero-order chi connectivity index (χ0) is 13.8. The van der Waals surface area contributed by atoms with Gasteiger partial charge in [-0.2, -0.15) is 5.10 Å². The first-order valence-corrected chi connectivity index (χ1v) is 5.50. The molecule has 0 bridgehead atoms. The van der Waals surface area contributed by atoms with Gasteiger partial charge < -0.3 is 15.2 Å². The SMILES string of the molecule is CCn1cc(C(=O)NC(C)(COC)C(=O)O)cn1. The maximum atomic E-state index is 11.9. The molecule has 1 amide bonds. The van der Waals surface area contributed by atoms with Crippen LogP contribution < -0.4 is 5.32 Å². The number of aryl methyl sites for hydroxylation is 1. The molecule has 7 heteroatoms. The third kappa shape index (κ3) is 3.07. The van der Waals surface area contributed by atoms with Gasteiger partial charge in [0.05, 0.1) is 18.4 Å². The normalized spacial score (nSPS) is 13.9. The topological polar surface area (TPSA) is 93.5 Å². The van der Waals surface area contributed by atoms with Crippen molar-refractivity contribution in [1.82, 2.24) is 15.1 Å². The summed E-state index contributed by atoms with van der Waals surface area (Å²) >= 11 is 0. The molecule has 0 spiro atoms. The number of nitrogens with zero attached hydrogens (tertiary/aromatic N) is 2. The molecule has 18 heavy (non-hydrogen) atoms. The van der Waals surface area contributed by atoms with E-state index in [4.69, 9.17) is 9.84 Å². The zero-order valence-corrected chi connectivity index (χ0v) is 10.6. The fourth-order valence-corrected chi connectivity index (χ4v) is 1.42. The molecule has 0 aromatic carbocycles. The van der Waals surface area contributed by atoms with Crippen LogP contribution in [0.5, 0.6) is 0 Å². The average Bonchev–Trinajstić information content (AvgIpc) is 2.77. The maximum Gasteiger partial charge on any atom is 0.331 e. The Labute approximate surface area is 105 Å². The first-order valence-electron chi connectivity index (χ1n) is 5.50. The summed E-state index contributed by atoms with van der Waals surface area (Å²) < 4.78 is 6.40. The highest BCUT2D eigenvalue weighted by Crippen LogP contribution is 2.07. The largest absolute Gasteiger partial charge is 0.479 e. The second kappa shape index (κ2) is 5.63. The predicted octanol–water partition coefficient (Wildman–Crippen LogP) is 0.122. The molecule has 0 radical (unpaired) electrons. The summed E-state index contributed by atoms with van der Waals surface area (Å²) in [6.45, 7) is 3.81. The number of nitrogens with one attached hydrogen (secondary N) is 1. The van der Waals surface area contributed by atoms with E-state index in [9.17, 15) is 9.59 Å². The summed E-state index contributed by atoms with van der Waals surface area (Å²) in [5.74, 6) is -1.64. The Balaban J connectivity index is 2.81. The van der Waals surface area contributed by atoms with Crippen molar-refractivity contribution in [1.29, 1.82) is 0 Å². The van der Waals surface area contributed by atoms with E-state index in [1.807, 2.05) is 6.92 Å². The van der Waals surface area contributed by atoms with Crippen molar-refractivity contribution in [3.8, 4) is 0 Å². The first-order chi connectivity index (χ1) is 8.42. The summed E-state index contributed by atoms with van der Waals surface area (Å²) in [7, 11) is 1.38. The summed E-state index contributed by atoms with van der Waals surface area (Å²) in [6.07, 6.45) is 2.96. The number of carbonyl (C=O) groups excluding carboxylic acids is 1. The van der Waals surface area contributed by atoms with E-state index < -0.39 is 17.4 Å². The number of aliphatic carboxylic acids is 1. The number of ether oxygens (including phenoxy) is 1. The molecule has 2 N–H and O–H groups in total. The first kappa shape index (κ1) is 14.2. The maximum absolute atomic E-state index is 11.9. The van der Waals surface area contributed by atoms with Crippen molar-refractivity contribution in [3.05, 3.63) is 18.0 Å². The van der Waals surface area contributed by atoms with E-state index in [1.165, 1.54) is 20.2 Å². The van der Waals surface area contributed by atoms with Crippen LogP contribution in [0.25, 0.3) is 0 Å². The fraction of sp³-hybridized carbons (Fsp3) is 0.545. The highest BCUT2D eigenvalue weighted by Gasteiger charge is 2.35. The standard InChI is InChI=1S/C11H17N3O4/c1-4-14-6-8(5-12-14)9(15)13-11(2,7-18-3)10(16)17/h5-6H,4,7H2,1-3H3,(H,13,15)(H,16,17). The van der Waals surface area contributed by atoms with Gasteiger partial charge in [-0.1, -0.05) is 0 Å². The Morgan fingerprint density at radius 3 is 2.72 bits per heavy atom. The second-order valence-corrected chi connectivity index (χ2v) is 4.11. The predicted molar refractivity (Wildman–Crippen MR) is 63.3 cm³/mol. The molecule has 1 atom stereocenters. The molecule has 0 aliphatic carbocycles. The van der Waals surface area contributed by atoms with Gasteiger partial charge in [0.2, 0.25) is 0 Å². The minimum atomic E-state index is -1.46. The van der Waals surface area contributed by atoms with Gasteiger partial charge in [0.25, 0.3) is 5.91 Å². The van der Waals surface area contributed by atoms with Crippen LogP contribution in [0.15, 0.2) is 12.4 Å². The van der Waals surface area contributed by atoms with Crippen LogP contribution in [0.2, 0.25) is 0 Å². The van der Waals surface area contributed by atoms with Gasteiger partial charge >= 0.3 is 5.97 Å². The molecule has 0 fully saturated rings. The molecule has 7 nitrogen and oxygen atoms in total. The number of rotatable bonds is 6. The van der Waals surface area contributed by atoms with Crippen LogP contribution in [-0.2, 0) is 16.1 Å². The number of carbonyl (C=O) groups is 2. The van der Waals surface area contributed by atoms with Gasteiger partial charge in [-0.05, 0) is 13.8 Å². The molecule has 1 aromatic rings. The smallest absolute Gasteiger partial charge is 0.331 e. The molecule has 0 saturated heterocycles. The molecular weight excluding hydrogens is 238 g/mol. The lowest BCUT2D eigenvalue weighted by Crippen LogP contribution is -2.55. The number of hydrogen-bond acceptors (Lipinski definition) is 4. The summed E-state index contributed by atoms with van der Waals surface area (Å²) in [5, 5.41) is 15.5. The highest BCUT2D eigenvalue weighted by molar-refractivity contribution is 5.97. The molecule has 1 unspecified atom stereocenters. The van der Waals surface area contributed by atoms with Crippen LogP contribution in [0.3, 0.4) is 0 Å². The molecule has 0 saturated carbocycles. The lowest BCUT2D eigenvalue weighted by atomic mass is 10.0. The Kier molecular flexibility index (Phi) is 4.43. The van der Waals surface area contributed by atoms with Crippen LogP contribution in [0, 0.1) is 0 Å². The van der Waals surface area contributed by atoms with Crippen molar-refractivity contribution in [2.45, 2.75) is 25.9 Å². The number of aromatic nitrogens is 2. The number of carboxylic acid groups (broad SMARTS) is 1. The van der Waals surface area contributed by atoms with Gasteiger partial charge in [-0.15, -0.1) is 0 Å². The minimum Gasteiger partial charge on any atom is -0.479 e. The quantitative estimate of drug-likeness (QED) is 0.753. The van der Waals surface area contributed by atoms with Crippen LogP contribution >= 0.6 is 0 Å². The van der Waals surface area contributed by atoms with E-state index in [1.54, 1.807) is 10.9 Å². The third-order valence-corrected chi connectivity index (χ3v) is 2.51. The average molecular weight is 255 g/mol. The van der Waals surface area contributed by atoms with E-state index in [0.717, 1.165) is 0 Å². The van der Waals surface area contributed by atoms with Crippen molar-refractivity contribution < 1.29 is 19.4 Å². The zero-order valence-electron chi connectivity index (χ0n) is 10.6. The lowest BCUT2D eigenvalue weighted by Gasteiger charge is -2.24. The number of amides is 1. The molecule has 1 heterocycles. The van der Waals surface area contributed by atoms with Crippen molar-refractivity contribution in [3.63, 3.8) is 0 Å². The monoisotopic (exact) mass is 255 g/mol. The fourth-order valence-electron chi connectivity index (χ4n) is 1.42. The van der Waals surface area contributed by atoms with Crippen LogP contribution in [0.4, 0.5) is 0 Å². The summed E-state index contributed by atoms with van der Waals surface area (Å²) in [4.78, 5) is 23.0. The number of hydrogen-bond donors (Lipinski definition) is 2. The Morgan fingerprint density at radius 2 is 2.28 bits per heavy atom. The highest BCUT2D eigenvalue weighted by atomic mass is 16.5. The van der Waals surface area contributed by atoms with Gasteiger partial charge in [0, 0.05) is 19.9 Å². The number of carboxylic acids is 1. The van der Waals surface area contributed by atoms with Gasteiger partial charge in [-0.25, -0.2) is 4.79 Å².